The fourth-order valence-electron chi connectivity index (χ4n) is 3.30. The highest BCUT2D eigenvalue weighted by Crippen LogP contribution is 2.30. The lowest BCUT2D eigenvalue weighted by Gasteiger charge is -2.29. The first-order valence-electron chi connectivity index (χ1n) is 8.57. The van der Waals surface area contributed by atoms with Crippen molar-refractivity contribution in [1.29, 1.82) is 0 Å². The molecule has 0 N–H and O–H groups in total. The molecule has 1 fully saturated rings. The number of hydrogen-bond donors (Lipinski definition) is 0. The van der Waals surface area contributed by atoms with Gasteiger partial charge in [0.25, 0.3) is 0 Å². The lowest BCUT2D eigenvalue weighted by atomic mass is 9.96. The number of rotatable bonds is 5. The molecule has 1 atom stereocenters. The summed E-state index contributed by atoms with van der Waals surface area (Å²) in [6.07, 6.45) is 6.55. The molecule has 0 spiro atoms. The minimum absolute atomic E-state index is 0.120. The van der Waals surface area contributed by atoms with E-state index in [0.29, 0.717) is 0 Å². The van der Waals surface area contributed by atoms with Gasteiger partial charge in [0.2, 0.25) is 5.91 Å². The number of likely N-dealkylation sites (tertiary alicyclic amines) is 1. The van der Waals surface area contributed by atoms with Crippen LogP contribution in [0.4, 0.5) is 0 Å². The van der Waals surface area contributed by atoms with Crippen LogP contribution in [-0.2, 0) is 4.79 Å². The van der Waals surface area contributed by atoms with Gasteiger partial charge in [-0.15, -0.1) is 0 Å². The summed E-state index contributed by atoms with van der Waals surface area (Å²) in [7, 11) is 0. The molecule has 2 aromatic rings. The normalized spacial score (nSPS) is 16.9. The van der Waals surface area contributed by atoms with E-state index in [1.165, 1.54) is 6.42 Å². The summed E-state index contributed by atoms with van der Waals surface area (Å²) < 4.78 is 5.99. The van der Waals surface area contributed by atoms with E-state index < -0.39 is 0 Å². The number of carbonyl (C=O) groups is 1. The van der Waals surface area contributed by atoms with Crippen molar-refractivity contribution in [1.82, 2.24) is 4.90 Å². The Hall–Kier alpha value is -1.77. The van der Waals surface area contributed by atoms with Gasteiger partial charge in [0.05, 0.1) is 5.92 Å². The van der Waals surface area contributed by atoms with Gasteiger partial charge in [-0.3, -0.25) is 4.79 Å². The van der Waals surface area contributed by atoms with Crippen molar-refractivity contribution in [2.45, 2.75) is 51.4 Å². The van der Waals surface area contributed by atoms with Crippen molar-refractivity contribution in [3.8, 4) is 0 Å². The summed E-state index contributed by atoms with van der Waals surface area (Å²) in [4.78, 5) is 15.0. The Kier molecular flexibility index (Phi) is 4.81. The van der Waals surface area contributed by atoms with Crippen LogP contribution >= 0.6 is 0 Å². The SMILES string of the molecule is CCCCC(C(=O)N1CCCCC1)c1cc2ccccc2o1. The zero-order chi connectivity index (χ0) is 15.4. The van der Waals surface area contributed by atoms with Crippen molar-refractivity contribution in [3.63, 3.8) is 0 Å². The van der Waals surface area contributed by atoms with Crippen LogP contribution in [0.5, 0.6) is 0 Å². The number of benzene rings is 1. The Morgan fingerprint density at radius 2 is 2.00 bits per heavy atom. The molecule has 2 heterocycles. The first kappa shape index (κ1) is 15.1. The van der Waals surface area contributed by atoms with Crippen LogP contribution in [0.25, 0.3) is 11.0 Å². The Balaban J connectivity index is 1.85. The maximum Gasteiger partial charge on any atom is 0.233 e. The zero-order valence-corrected chi connectivity index (χ0v) is 13.4. The highest BCUT2D eigenvalue weighted by Gasteiger charge is 2.29. The molecule has 3 nitrogen and oxygen atoms in total. The van der Waals surface area contributed by atoms with E-state index in [-0.39, 0.29) is 11.8 Å². The molecule has 1 aliphatic rings. The van der Waals surface area contributed by atoms with Crippen LogP contribution in [0.2, 0.25) is 0 Å². The number of para-hydroxylation sites is 1. The number of nitrogens with zero attached hydrogens (tertiary/aromatic N) is 1. The molecule has 1 amide bonds. The summed E-state index contributed by atoms with van der Waals surface area (Å²) in [5.74, 6) is 0.975. The average molecular weight is 299 g/mol. The molecule has 3 heteroatoms. The molecule has 1 aromatic heterocycles. The lowest BCUT2D eigenvalue weighted by Crippen LogP contribution is -2.38. The van der Waals surface area contributed by atoms with Gasteiger partial charge in [0, 0.05) is 18.5 Å². The van der Waals surface area contributed by atoms with E-state index in [2.05, 4.69) is 13.0 Å². The third-order valence-electron chi connectivity index (χ3n) is 4.60. The Bertz CT molecular complexity index is 592. The largest absolute Gasteiger partial charge is 0.460 e. The van der Waals surface area contributed by atoms with Gasteiger partial charge in [-0.25, -0.2) is 0 Å². The summed E-state index contributed by atoms with van der Waals surface area (Å²) in [5.41, 5.74) is 0.880. The summed E-state index contributed by atoms with van der Waals surface area (Å²) in [6.45, 7) is 3.98. The molecular weight excluding hydrogens is 274 g/mol. The number of fused-ring (bicyclic) bond motifs is 1. The lowest BCUT2D eigenvalue weighted by molar-refractivity contribution is -0.134. The van der Waals surface area contributed by atoms with Crippen molar-refractivity contribution >= 4 is 16.9 Å². The van der Waals surface area contributed by atoms with Crippen LogP contribution in [0.3, 0.4) is 0 Å². The standard InChI is InChI=1S/C19H25NO2/c1-2-3-10-16(19(21)20-12-7-4-8-13-20)18-14-15-9-5-6-11-17(15)22-18/h5-6,9,11,14,16H,2-4,7-8,10,12-13H2,1H3. The fourth-order valence-corrected chi connectivity index (χ4v) is 3.30. The van der Waals surface area contributed by atoms with Crippen LogP contribution in [0.15, 0.2) is 34.7 Å². The van der Waals surface area contributed by atoms with Crippen molar-refractivity contribution < 1.29 is 9.21 Å². The van der Waals surface area contributed by atoms with Crippen molar-refractivity contribution in [2.24, 2.45) is 0 Å². The molecule has 0 radical (unpaired) electrons. The monoisotopic (exact) mass is 299 g/mol. The second kappa shape index (κ2) is 6.99. The number of unbranched alkanes of at least 4 members (excludes halogenated alkanes) is 1. The Labute approximate surface area is 132 Å². The van der Waals surface area contributed by atoms with E-state index in [0.717, 1.165) is 61.9 Å². The smallest absolute Gasteiger partial charge is 0.233 e. The third kappa shape index (κ3) is 3.18. The van der Waals surface area contributed by atoms with Crippen LogP contribution in [-0.4, -0.2) is 23.9 Å². The van der Waals surface area contributed by atoms with Gasteiger partial charge in [0.15, 0.2) is 0 Å². The second-order valence-electron chi connectivity index (χ2n) is 6.27. The average Bonchev–Trinajstić information content (AvgIpc) is 2.99. The van der Waals surface area contributed by atoms with Gasteiger partial charge in [-0.05, 0) is 37.8 Å². The van der Waals surface area contributed by atoms with E-state index in [1.807, 2.05) is 29.2 Å². The molecule has 22 heavy (non-hydrogen) atoms. The topological polar surface area (TPSA) is 33.5 Å². The molecule has 1 aromatic carbocycles. The third-order valence-corrected chi connectivity index (χ3v) is 4.60. The van der Waals surface area contributed by atoms with Crippen LogP contribution in [0.1, 0.15) is 57.1 Å². The highest BCUT2D eigenvalue weighted by atomic mass is 16.3. The van der Waals surface area contributed by atoms with Gasteiger partial charge in [-0.1, -0.05) is 38.0 Å². The molecule has 0 aliphatic carbocycles. The molecule has 0 bridgehead atoms. The number of furan rings is 1. The van der Waals surface area contributed by atoms with Crippen molar-refractivity contribution in [3.05, 3.63) is 36.1 Å². The Morgan fingerprint density at radius 3 is 2.73 bits per heavy atom. The van der Waals surface area contributed by atoms with Gasteiger partial charge in [0.1, 0.15) is 11.3 Å². The molecule has 1 saturated heterocycles. The summed E-state index contributed by atoms with van der Waals surface area (Å²) in [5, 5.41) is 1.09. The van der Waals surface area contributed by atoms with Crippen LogP contribution < -0.4 is 0 Å². The van der Waals surface area contributed by atoms with Gasteiger partial charge < -0.3 is 9.32 Å². The maximum absolute atomic E-state index is 12.9. The molecule has 1 unspecified atom stereocenters. The second-order valence-corrected chi connectivity index (χ2v) is 6.27. The predicted molar refractivity (Wildman–Crippen MR) is 88.9 cm³/mol. The summed E-state index contributed by atoms with van der Waals surface area (Å²) in [6, 6.07) is 10.1. The minimum Gasteiger partial charge on any atom is -0.460 e. The number of hydrogen-bond acceptors (Lipinski definition) is 2. The molecular formula is C19H25NO2. The first-order chi connectivity index (χ1) is 10.8. The quantitative estimate of drug-likeness (QED) is 0.800. The molecule has 118 valence electrons. The molecule has 0 saturated carbocycles. The predicted octanol–water partition coefficient (Wildman–Crippen LogP) is 4.72. The zero-order valence-electron chi connectivity index (χ0n) is 13.4. The number of carbonyl (C=O) groups excluding carboxylic acids is 1. The molecule has 3 rings (SSSR count). The van der Waals surface area contributed by atoms with Gasteiger partial charge in [-0.2, -0.15) is 0 Å². The fraction of sp³-hybridized carbons (Fsp3) is 0.526. The number of amides is 1. The van der Waals surface area contributed by atoms with E-state index in [9.17, 15) is 4.79 Å². The maximum atomic E-state index is 12.9. The highest BCUT2D eigenvalue weighted by molar-refractivity contribution is 5.85. The van der Waals surface area contributed by atoms with E-state index in [4.69, 9.17) is 4.42 Å². The Morgan fingerprint density at radius 1 is 1.23 bits per heavy atom. The molecule has 1 aliphatic heterocycles. The summed E-state index contributed by atoms with van der Waals surface area (Å²) >= 11 is 0. The van der Waals surface area contributed by atoms with E-state index >= 15 is 0 Å². The van der Waals surface area contributed by atoms with Crippen molar-refractivity contribution in [2.75, 3.05) is 13.1 Å². The first-order valence-corrected chi connectivity index (χ1v) is 8.57. The van der Waals surface area contributed by atoms with Gasteiger partial charge >= 0.3 is 0 Å². The minimum atomic E-state index is -0.120. The van der Waals surface area contributed by atoms with Crippen LogP contribution in [0, 0.1) is 0 Å². The number of piperidine rings is 1. The van der Waals surface area contributed by atoms with E-state index in [1.54, 1.807) is 0 Å².